The second-order valence-corrected chi connectivity index (χ2v) is 7.69. The summed E-state index contributed by atoms with van der Waals surface area (Å²) < 4.78 is 6.89. The van der Waals surface area contributed by atoms with Crippen LogP contribution in [0.5, 0.6) is 11.5 Å². The van der Waals surface area contributed by atoms with E-state index in [1.165, 1.54) is 7.11 Å². The van der Waals surface area contributed by atoms with Crippen LogP contribution in [0.3, 0.4) is 0 Å². The Kier molecular flexibility index (Phi) is 6.56. The Morgan fingerprint density at radius 3 is 2.57 bits per heavy atom. The van der Waals surface area contributed by atoms with Crippen LogP contribution >= 0.6 is 0 Å². The van der Waals surface area contributed by atoms with Crippen LogP contribution in [0.1, 0.15) is 39.3 Å². The van der Waals surface area contributed by atoms with Gasteiger partial charge in [0.05, 0.1) is 25.8 Å². The highest BCUT2D eigenvalue weighted by Crippen LogP contribution is 2.30. The van der Waals surface area contributed by atoms with Crippen LogP contribution in [0, 0.1) is 5.92 Å². The second-order valence-electron chi connectivity index (χ2n) is 7.69. The number of aromatic hydroxyl groups is 1. The van der Waals surface area contributed by atoms with Gasteiger partial charge in [0.2, 0.25) is 5.95 Å². The molecule has 2 aromatic heterocycles. The van der Waals surface area contributed by atoms with Crippen LogP contribution in [-0.2, 0) is 6.54 Å². The van der Waals surface area contributed by atoms with E-state index in [2.05, 4.69) is 30.9 Å². The molecule has 2 heterocycles. The first kappa shape index (κ1) is 21.6. The Labute approximate surface area is 175 Å². The number of phenols is 1. The van der Waals surface area contributed by atoms with Crippen LogP contribution in [0.4, 0.5) is 11.8 Å². The van der Waals surface area contributed by atoms with E-state index in [0.29, 0.717) is 40.8 Å². The molecule has 3 aromatic rings. The van der Waals surface area contributed by atoms with Gasteiger partial charge in [-0.2, -0.15) is 9.97 Å². The highest BCUT2D eigenvalue weighted by Gasteiger charge is 2.19. The van der Waals surface area contributed by atoms with Gasteiger partial charge < -0.3 is 25.6 Å². The van der Waals surface area contributed by atoms with Crippen LogP contribution in [-0.4, -0.2) is 54.9 Å². The highest BCUT2D eigenvalue weighted by molar-refractivity contribution is 5.83. The van der Waals surface area contributed by atoms with E-state index in [0.717, 1.165) is 0 Å². The summed E-state index contributed by atoms with van der Waals surface area (Å²) in [6.45, 7) is 8.27. The van der Waals surface area contributed by atoms with E-state index < -0.39 is 0 Å². The summed E-state index contributed by atoms with van der Waals surface area (Å²) in [5, 5.41) is 34.9. The topological polar surface area (TPSA) is 130 Å². The molecule has 10 nitrogen and oxygen atoms in total. The van der Waals surface area contributed by atoms with Gasteiger partial charge in [-0.25, -0.2) is 4.68 Å². The Bertz CT molecular complexity index is 1000. The number of hydrogen-bond donors (Lipinski definition) is 4. The molecule has 0 aliphatic rings. The van der Waals surface area contributed by atoms with Gasteiger partial charge in [0.25, 0.3) is 0 Å². The SMILES string of the molecule is COc1cccc(CNc2nc(NC(CO)C(C)C)nc3c2nnn3C(C)C)c1O. The molecule has 0 bridgehead atoms. The first-order chi connectivity index (χ1) is 14.3. The minimum Gasteiger partial charge on any atom is -0.504 e. The first-order valence-electron chi connectivity index (χ1n) is 9.94. The van der Waals surface area contributed by atoms with Gasteiger partial charge in [0.15, 0.2) is 28.5 Å². The van der Waals surface area contributed by atoms with Gasteiger partial charge in [0.1, 0.15) is 0 Å². The third-order valence-electron chi connectivity index (χ3n) is 4.88. The number of methoxy groups -OCH3 is 1. The Balaban J connectivity index is 1.98. The minimum atomic E-state index is -0.193. The molecule has 0 amide bonds. The normalized spacial score (nSPS) is 12.5. The number of nitrogens with zero attached hydrogens (tertiary/aromatic N) is 5. The fourth-order valence-electron chi connectivity index (χ4n) is 3.01. The highest BCUT2D eigenvalue weighted by atomic mass is 16.5. The predicted molar refractivity (Wildman–Crippen MR) is 115 cm³/mol. The standard InChI is InChI=1S/C20H29N7O3/c1-11(2)14(10-28)22-20-23-18(16-19(24-20)27(12(3)4)26-25-16)21-9-13-7-6-8-15(30-5)17(13)29/h6-8,11-12,14,28-29H,9-10H2,1-5H3,(H2,21,22,23,24). The van der Waals surface area contributed by atoms with Crippen molar-refractivity contribution in [2.24, 2.45) is 5.92 Å². The number of fused-ring (bicyclic) bond motifs is 1. The summed E-state index contributed by atoms with van der Waals surface area (Å²) in [7, 11) is 1.51. The van der Waals surface area contributed by atoms with E-state index in [4.69, 9.17) is 4.74 Å². The van der Waals surface area contributed by atoms with E-state index in [-0.39, 0.29) is 30.4 Å². The third kappa shape index (κ3) is 4.38. The molecule has 162 valence electrons. The van der Waals surface area contributed by atoms with Crippen LogP contribution in [0.2, 0.25) is 0 Å². The number of aromatic nitrogens is 5. The van der Waals surface area contributed by atoms with E-state index in [1.54, 1.807) is 16.8 Å². The summed E-state index contributed by atoms with van der Waals surface area (Å²) >= 11 is 0. The van der Waals surface area contributed by atoms with Gasteiger partial charge in [-0.05, 0) is 25.8 Å². The maximum absolute atomic E-state index is 10.4. The number of ether oxygens (including phenoxy) is 1. The van der Waals surface area contributed by atoms with E-state index in [9.17, 15) is 10.2 Å². The maximum Gasteiger partial charge on any atom is 0.227 e. The molecule has 0 radical (unpaired) electrons. The van der Waals surface area contributed by atoms with Gasteiger partial charge in [-0.3, -0.25) is 0 Å². The Morgan fingerprint density at radius 1 is 1.17 bits per heavy atom. The number of rotatable bonds is 9. The summed E-state index contributed by atoms with van der Waals surface area (Å²) in [5.41, 5.74) is 1.77. The molecule has 1 unspecified atom stereocenters. The van der Waals surface area contributed by atoms with Gasteiger partial charge >= 0.3 is 0 Å². The first-order valence-corrected chi connectivity index (χ1v) is 9.94. The lowest BCUT2D eigenvalue weighted by Crippen LogP contribution is -2.30. The Hall–Kier alpha value is -3.14. The van der Waals surface area contributed by atoms with Crippen molar-refractivity contribution in [3.8, 4) is 11.5 Å². The van der Waals surface area contributed by atoms with Crippen LogP contribution < -0.4 is 15.4 Å². The predicted octanol–water partition coefficient (Wildman–Crippen LogP) is 2.56. The number of phenolic OH excluding ortho intramolecular Hbond substituents is 1. The Morgan fingerprint density at radius 2 is 1.93 bits per heavy atom. The lowest BCUT2D eigenvalue weighted by molar-refractivity contribution is 0.248. The summed E-state index contributed by atoms with van der Waals surface area (Å²) in [5.74, 6) is 1.52. The summed E-state index contributed by atoms with van der Waals surface area (Å²) in [4.78, 5) is 9.14. The molecule has 0 aliphatic heterocycles. The number of aliphatic hydroxyl groups excluding tert-OH is 1. The van der Waals surface area contributed by atoms with E-state index >= 15 is 0 Å². The quantitative estimate of drug-likeness (QED) is 0.416. The van der Waals surface area contributed by atoms with Crippen LogP contribution in [0.25, 0.3) is 11.2 Å². The van der Waals surface area contributed by atoms with Crippen molar-refractivity contribution < 1.29 is 14.9 Å². The average Bonchev–Trinajstić information content (AvgIpc) is 3.15. The number of anilines is 2. The largest absolute Gasteiger partial charge is 0.504 e. The van der Waals surface area contributed by atoms with Gasteiger partial charge in [0, 0.05) is 12.1 Å². The van der Waals surface area contributed by atoms with Crippen molar-refractivity contribution in [3.63, 3.8) is 0 Å². The maximum atomic E-state index is 10.4. The lowest BCUT2D eigenvalue weighted by atomic mass is 10.1. The summed E-state index contributed by atoms with van der Waals surface area (Å²) in [6, 6.07) is 5.17. The van der Waals surface area contributed by atoms with Crippen molar-refractivity contribution in [3.05, 3.63) is 23.8 Å². The molecule has 0 fully saturated rings. The van der Waals surface area contributed by atoms with Crippen molar-refractivity contribution in [2.75, 3.05) is 24.4 Å². The van der Waals surface area contributed by atoms with Crippen molar-refractivity contribution in [1.82, 2.24) is 25.0 Å². The molecule has 4 N–H and O–H groups in total. The fourth-order valence-corrected chi connectivity index (χ4v) is 3.01. The molecule has 30 heavy (non-hydrogen) atoms. The average molecular weight is 415 g/mol. The monoisotopic (exact) mass is 415 g/mol. The number of nitrogens with one attached hydrogen (secondary N) is 2. The zero-order valence-electron chi connectivity index (χ0n) is 17.9. The van der Waals surface area contributed by atoms with Crippen molar-refractivity contribution in [2.45, 2.75) is 46.3 Å². The minimum absolute atomic E-state index is 0.0405. The number of benzene rings is 1. The number of aliphatic hydroxyl groups is 1. The molecule has 0 aliphatic carbocycles. The molecule has 0 saturated carbocycles. The third-order valence-corrected chi connectivity index (χ3v) is 4.88. The van der Waals surface area contributed by atoms with Crippen molar-refractivity contribution in [1.29, 1.82) is 0 Å². The molecule has 1 aromatic carbocycles. The molecule has 0 saturated heterocycles. The zero-order chi connectivity index (χ0) is 21.8. The smallest absolute Gasteiger partial charge is 0.227 e. The number of hydrogen-bond acceptors (Lipinski definition) is 9. The van der Waals surface area contributed by atoms with Crippen LogP contribution in [0.15, 0.2) is 18.2 Å². The van der Waals surface area contributed by atoms with E-state index in [1.807, 2.05) is 33.8 Å². The molecule has 10 heteroatoms. The van der Waals surface area contributed by atoms with Crippen molar-refractivity contribution >= 4 is 22.9 Å². The second kappa shape index (κ2) is 9.12. The van der Waals surface area contributed by atoms with Gasteiger partial charge in [-0.1, -0.05) is 31.2 Å². The molecule has 3 rings (SSSR count). The fraction of sp³-hybridized carbons (Fsp3) is 0.500. The van der Waals surface area contributed by atoms with Gasteiger partial charge in [-0.15, -0.1) is 5.10 Å². The summed E-state index contributed by atoms with van der Waals surface area (Å²) in [6.07, 6.45) is 0. The lowest BCUT2D eigenvalue weighted by Gasteiger charge is -2.20. The molecule has 0 spiro atoms. The molecule has 1 atom stereocenters. The molecular weight excluding hydrogens is 386 g/mol. The number of para-hydroxylation sites is 1. The zero-order valence-corrected chi connectivity index (χ0v) is 17.9. The molecular formula is C20H29N7O3.